The van der Waals surface area contributed by atoms with Crippen LogP contribution in [0.2, 0.25) is 0 Å². The van der Waals surface area contributed by atoms with Gasteiger partial charge in [0.05, 0.1) is 7.11 Å². The van der Waals surface area contributed by atoms with Crippen LogP contribution in [-0.4, -0.2) is 34.3 Å². The number of H-pyrrole nitrogens is 1. The van der Waals surface area contributed by atoms with Crippen molar-refractivity contribution in [2.24, 2.45) is 0 Å². The number of carboxylic acids is 1. The van der Waals surface area contributed by atoms with E-state index in [2.05, 4.69) is 15.5 Å². The van der Waals surface area contributed by atoms with Crippen LogP contribution < -0.4 is 10.1 Å². The minimum absolute atomic E-state index is 0.0910. The average molecular weight is 275 g/mol. The highest BCUT2D eigenvalue weighted by Gasteiger charge is 2.13. The number of hydrogen-bond donors (Lipinski definition) is 3. The zero-order valence-corrected chi connectivity index (χ0v) is 10.9. The van der Waals surface area contributed by atoms with Gasteiger partial charge in [-0.05, 0) is 30.7 Å². The molecule has 0 aliphatic heterocycles. The Labute approximate surface area is 114 Å². The fourth-order valence-corrected chi connectivity index (χ4v) is 1.70. The van der Waals surface area contributed by atoms with Gasteiger partial charge in [-0.15, -0.1) is 0 Å². The van der Waals surface area contributed by atoms with Gasteiger partial charge in [-0.1, -0.05) is 0 Å². The Morgan fingerprint density at radius 1 is 1.35 bits per heavy atom. The van der Waals surface area contributed by atoms with Gasteiger partial charge in [0.2, 0.25) is 0 Å². The molecule has 104 valence electrons. The summed E-state index contributed by atoms with van der Waals surface area (Å²) in [7, 11) is 1.55. The molecule has 3 N–H and O–H groups in total. The van der Waals surface area contributed by atoms with E-state index in [4.69, 9.17) is 9.84 Å². The fraction of sp³-hybridized carbons (Fsp3) is 0.154. The van der Waals surface area contributed by atoms with Gasteiger partial charge in [0.25, 0.3) is 5.91 Å². The van der Waals surface area contributed by atoms with Crippen molar-refractivity contribution in [1.29, 1.82) is 0 Å². The second kappa shape index (κ2) is 5.43. The summed E-state index contributed by atoms with van der Waals surface area (Å²) in [5.41, 5.74) is 1.12. The predicted molar refractivity (Wildman–Crippen MR) is 71.2 cm³/mol. The van der Waals surface area contributed by atoms with Crippen molar-refractivity contribution >= 4 is 17.7 Å². The number of hydrogen-bond acceptors (Lipinski definition) is 4. The van der Waals surface area contributed by atoms with Crippen LogP contribution in [0.3, 0.4) is 0 Å². The molecule has 0 saturated heterocycles. The van der Waals surface area contributed by atoms with Crippen molar-refractivity contribution in [2.45, 2.75) is 6.92 Å². The first-order valence-corrected chi connectivity index (χ1v) is 5.76. The largest absolute Gasteiger partial charge is 0.497 e. The molecule has 0 aliphatic carbocycles. The van der Waals surface area contributed by atoms with Crippen LogP contribution in [0, 0.1) is 6.92 Å². The second-order valence-corrected chi connectivity index (χ2v) is 4.11. The highest BCUT2D eigenvalue weighted by atomic mass is 16.5. The van der Waals surface area contributed by atoms with Crippen LogP contribution in [0.15, 0.2) is 24.3 Å². The monoisotopic (exact) mass is 275 g/mol. The summed E-state index contributed by atoms with van der Waals surface area (Å²) in [5, 5.41) is 17.3. The molecule has 0 unspecified atom stereocenters. The first-order chi connectivity index (χ1) is 9.51. The number of nitrogens with zero attached hydrogens (tertiary/aromatic N) is 1. The number of carbonyl (C=O) groups excluding carboxylic acids is 1. The molecule has 0 saturated carbocycles. The van der Waals surface area contributed by atoms with Gasteiger partial charge in [0.15, 0.2) is 5.82 Å². The summed E-state index contributed by atoms with van der Waals surface area (Å²) in [4.78, 5) is 22.8. The molecular weight excluding hydrogens is 262 g/mol. The van der Waals surface area contributed by atoms with Gasteiger partial charge in [-0.3, -0.25) is 9.89 Å². The smallest absolute Gasteiger partial charge is 0.353 e. The molecule has 1 amide bonds. The number of anilines is 1. The van der Waals surface area contributed by atoms with E-state index < -0.39 is 5.97 Å². The van der Waals surface area contributed by atoms with Crippen LogP contribution in [0.25, 0.3) is 0 Å². The quantitative estimate of drug-likeness (QED) is 0.787. The van der Waals surface area contributed by atoms with Crippen molar-refractivity contribution in [3.05, 3.63) is 41.1 Å². The van der Waals surface area contributed by atoms with Gasteiger partial charge >= 0.3 is 5.97 Å². The molecule has 7 nitrogen and oxygen atoms in total. The number of nitrogens with one attached hydrogen (secondary N) is 2. The number of benzene rings is 1. The first kappa shape index (κ1) is 13.6. The summed E-state index contributed by atoms with van der Waals surface area (Å²) >= 11 is 0. The van der Waals surface area contributed by atoms with Gasteiger partial charge < -0.3 is 15.2 Å². The SMILES string of the molecule is COc1ccc(C(=O)Nc2cc(C(=O)O)[nH]n2)c(C)c1. The van der Waals surface area contributed by atoms with Crippen molar-refractivity contribution in [3.63, 3.8) is 0 Å². The van der Waals surface area contributed by atoms with Gasteiger partial charge in [0, 0.05) is 11.6 Å². The van der Waals surface area contributed by atoms with E-state index in [1.165, 1.54) is 6.07 Å². The second-order valence-electron chi connectivity index (χ2n) is 4.11. The summed E-state index contributed by atoms with van der Waals surface area (Å²) < 4.78 is 5.06. The van der Waals surface area contributed by atoms with E-state index in [0.29, 0.717) is 11.3 Å². The number of aryl methyl sites for hydroxylation is 1. The van der Waals surface area contributed by atoms with Crippen LogP contribution in [0.4, 0.5) is 5.82 Å². The standard InChI is InChI=1S/C13H13N3O4/c1-7-5-8(20-2)3-4-9(7)12(17)14-11-6-10(13(18)19)15-16-11/h3-6H,1-2H3,(H,18,19)(H2,14,15,16,17). The molecule has 0 spiro atoms. The zero-order valence-electron chi connectivity index (χ0n) is 10.9. The molecule has 1 aromatic carbocycles. The van der Waals surface area contributed by atoms with Crippen LogP contribution >= 0.6 is 0 Å². The molecule has 2 aromatic rings. The molecule has 0 aliphatic rings. The maximum Gasteiger partial charge on any atom is 0.353 e. The Bertz CT molecular complexity index is 663. The van der Waals surface area contributed by atoms with Crippen molar-refractivity contribution in [1.82, 2.24) is 10.2 Å². The van der Waals surface area contributed by atoms with Crippen molar-refractivity contribution in [3.8, 4) is 5.75 Å². The molecule has 1 heterocycles. The zero-order chi connectivity index (χ0) is 14.7. The lowest BCUT2D eigenvalue weighted by molar-refractivity contribution is 0.0690. The topological polar surface area (TPSA) is 104 Å². The summed E-state index contributed by atoms with van der Waals surface area (Å²) in [5.74, 6) is -0.693. The number of amides is 1. The maximum absolute atomic E-state index is 12.1. The van der Waals surface area contributed by atoms with E-state index in [1.807, 2.05) is 0 Å². The molecular formula is C13H13N3O4. The lowest BCUT2D eigenvalue weighted by atomic mass is 10.1. The highest BCUT2D eigenvalue weighted by molar-refractivity contribution is 6.05. The predicted octanol–water partition coefficient (Wildman–Crippen LogP) is 1.68. The molecule has 0 radical (unpaired) electrons. The van der Waals surface area contributed by atoms with Crippen LogP contribution in [0.5, 0.6) is 5.75 Å². The molecule has 0 bridgehead atoms. The highest BCUT2D eigenvalue weighted by Crippen LogP contribution is 2.18. The lowest BCUT2D eigenvalue weighted by Crippen LogP contribution is -2.13. The Hall–Kier alpha value is -2.83. The minimum Gasteiger partial charge on any atom is -0.497 e. The Kier molecular flexibility index (Phi) is 3.69. The Morgan fingerprint density at radius 2 is 2.10 bits per heavy atom. The average Bonchev–Trinajstić information content (AvgIpc) is 2.87. The number of carboxylic acid groups (broad SMARTS) is 1. The van der Waals surface area contributed by atoms with Crippen LogP contribution in [0.1, 0.15) is 26.4 Å². The number of carbonyl (C=O) groups is 2. The maximum atomic E-state index is 12.1. The molecule has 7 heteroatoms. The van der Waals surface area contributed by atoms with E-state index in [9.17, 15) is 9.59 Å². The third-order valence-corrected chi connectivity index (χ3v) is 2.73. The number of ether oxygens (including phenoxy) is 1. The van der Waals surface area contributed by atoms with Gasteiger partial charge in [0.1, 0.15) is 11.4 Å². The normalized spacial score (nSPS) is 10.1. The van der Waals surface area contributed by atoms with Gasteiger partial charge in [-0.25, -0.2) is 4.79 Å². The first-order valence-electron chi connectivity index (χ1n) is 5.76. The van der Waals surface area contributed by atoms with E-state index >= 15 is 0 Å². The number of rotatable bonds is 4. The van der Waals surface area contributed by atoms with E-state index in [1.54, 1.807) is 32.2 Å². The third kappa shape index (κ3) is 2.77. The molecule has 0 atom stereocenters. The third-order valence-electron chi connectivity index (χ3n) is 2.73. The Morgan fingerprint density at radius 3 is 2.65 bits per heavy atom. The molecule has 20 heavy (non-hydrogen) atoms. The number of aromatic nitrogens is 2. The molecule has 1 aromatic heterocycles. The molecule has 0 fully saturated rings. The fourth-order valence-electron chi connectivity index (χ4n) is 1.70. The summed E-state index contributed by atoms with van der Waals surface area (Å²) in [6.45, 7) is 1.78. The van der Waals surface area contributed by atoms with Crippen molar-refractivity contribution < 1.29 is 19.4 Å². The number of aromatic carboxylic acids is 1. The van der Waals surface area contributed by atoms with E-state index in [0.717, 1.165) is 5.56 Å². The molecule has 2 rings (SSSR count). The summed E-state index contributed by atoms with van der Waals surface area (Å²) in [6, 6.07) is 6.30. The van der Waals surface area contributed by atoms with Gasteiger partial charge in [-0.2, -0.15) is 5.10 Å². The lowest BCUT2D eigenvalue weighted by Gasteiger charge is -2.07. The minimum atomic E-state index is -1.14. The van der Waals surface area contributed by atoms with E-state index in [-0.39, 0.29) is 17.4 Å². The van der Waals surface area contributed by atoms with Crippen molar-refractivity contribution in [2.75, 3.05) is 12.4 Å². The number of aromatic amines is 1. The number of methoxy groups -OCH3 is 1. The van der Waals surface area contributed by atoms with Crippen LogP contribution in [-0.2, 0) is 0 Å². The summed E-state index contributed by atoms with van der Waals surface area (Å²) in [6.07, 6.45) is 0. The Balaban J connectivity index is 2.17.